The molecule has 0 amide bonds. The fraction of sp³-hybridized carbons (Fsp3) is 0.0909. The van der Waals surface area contributed by atoms with Crippen LogP contribution in [0.1, 0.15) is 11.3 Å². The van der Waals surface area contributed by atoms with Gasteiger partial charge in [0.15, 0.2) is 11.5 Å². The van der Waals surface area contributed by atoms with Crippen LogP contribution < -0.4 is 11.3 Å². The second-order valence-corrected chi connectivity index (χ2v) is 7.07. The quantitative estimate of drug-likeness (QED) is 0.502. The van der Waals surface area contributed by atoms with Crippen LogP contribution in [0.5, 0.6) is 0 Å². The number of aromatic nitrogens is 5. The van der Waals surface area contributed by atoms with Crippen LogP contribution in [0.3, 0.4) is 0 Å². The number of fused-ring (bicyclic) bond motifs is 2. The second kappa shape index (κ2) is 6.77. The number of halogens is 1. The highest BCUT2D eigenvalue weighted by molar-refractivity contribution is 5.85. The summed E-state index contributed by atoms with van der Waals surface area (Å²) >= 11 is 0. The predicted octanol–water partition coefficient (Wildman–Crippen LogP) is 3.21. The molecule has 0 saturated heterocycles. The standard InChI is InChI=1S/C22H17FN6O/c1-13-5-4-6-14-9-15(10-28-12-27-19-20(24)25-11-26-21(19)28)29(22(30)18(13)14)17-8-3-2-7-16(17)23/h2-9,11-12H,10H2,1H3,(H2,24,25,26). The Balaban J connectivity index is 1.80. The van der Waals surface area contributed by atoms with Crippen molar-refractivity contribution in [1.29, 1.82) is 0 Å². The lowest BCUT2D eigenvalue weighted by molar-refractivity contribution is 0.611. The van der Waals surface area contributed by atoms with E-state index in [1.165, 1.54) is 17.0 Å². The van der Waals surface area contributed by atoms with Crippen LogP contribution in [0.4, 0.5) is 10.2 Å². The van der Waals surface area contributed by atoms with Crippen molar-refractivity contribution in [3.63, 3.8) is 0 Å². The molecule has 0 saturated carbocycles. The number of nitrogens with zero attached hydrogens (tertiary/aromatic N) is 5. The smallest absolute Gasteiger partial charge is 0.263 e. The van der Waals surface area contributed by atoms with E-state index in [1.807, 2.05) is 31.2 Å². The molecule has 8 heteroatoms. The number of anilines is 1. The van der Waals surface area contributed by atoms with Crippen LogP contribution in [-0.2, 0) is 6.54 Å². The predicted molar refractivity (Wildman–Crippen MR) is 113 cm³/mol. The van der Waals surface area contributed by atoms with Crippen LogP contribution in [-0.4, -0.2) is 24.1 Å². The van der Waals surface area contributed by atoms with Crippen LogP contribution >= 0.6 is 0 Å². The lowest BCUT2D eigenvalue weighted by Crippen LogP contribution is -2.25. The zero-order valence-corrected chi connectivity index (χ0v) is 16.1. The van der Waals surface area contributed by atoms with E-state index in [2.05, 4.69) is 15.0 Å². The molecule has 2 N–H and O–H groups in total. The maximum Gasteiger partial charge on any atom is 0.263 e. The lowest BCUT2D eigenvalue weighted by atomic mass is 10.1. The van der Waals surface area contributed by atoms with Crippen LogP contribution in [0.25, 0.3) is 27.6 Å². The van der Waals surface area contributed by atoms with Gasteiger partial charge in [0.05, 0.1) is 23.9 Å². The summed E-state index contributed by atoms with van der Waals surface area (Å²) in [6, 6.07) is 13.8. The van der Waals surface area contributed by atoms with Crippen molar-refractivity contribution < 1.29 is 4.39 Å². The molecule has 148 valence electrons. The molecule has 0 radical (unpaired) electrons. The van der Waals surface area contributed by atoms with Crippen molar-refractivity contribution in [3.8, 4) is 5.69 Å². The molecule has 0 fully saturated rings. The van der Waals surface area contributed by atoms with E-state index in [1.54, 1.807) is 29.1 Å². The van der Waals surface area contributed by atoms with Crippen LogP contribution in [0, 0.1) is 12.7 Å². The number of hydrogen-bond acceptors (Lipinski definition) is 5. The first kappa shape index (κ1) is 18.0. The minimum atomic E-state index is -0.476. The van der Waals surface area contributed by atoms with Gasteiger partial charge in [0.1, 0.15) is 17.7 Å². The Morgan fingerprint density at radius 2 is 1.90 bits per heavy atom. The molecular formula is C22H17FN6O. The minimum absolute atomic E-state index is 0.196. The Labute approximate surface area is 170 Å². The van der Waals surface area contributed by atoms with Gasteiger partial charge < -0.3 is 10.3 Å². The molecule has 0 aliphatic carbocycles. The number of benzene rings is 2. The number of nitrogen functional groups attached to an aromatic ring is 1. The molecule has 0 unspecified atom stereocenters. The van der Waals surface area contributed by atoms with E-state index in [0.717, 1.165) is 10.9 Å². The van der Waals surface area contributed by atoms with Crippen molar-refractivity contribution >= 4 is 27.8 Å². The summed E-state index contributed by atoms with van der Waals surface area (Å²) in [4.78, 5) is 26.0. The Morgan fingerprint density at radius 1 is 1.07 bits per heavy atom. The van der Waals surface area contributed by atoms with Crippen molar-refractivity contribution in [2.75, 3.05) is 5.73 Å². The largest absolute Gasteiger partial charge is 0.382 e. The Bertz CT molecular complexity index is 1490. The zero-order valence-electron chi connectivity index (χ0n) is 16.1. The zero-order chi connectivity index (χ0) is 20.8. The van der Waals surface area contributed by atoms with Gasteiger partial charge in [0.25, 0.3) is 5.56 Å². The number of nitrogens with two attached hydrogens (primary N) is 1. The molecule has 0 spiro atoms. The average Bonchev–Trinajstić information content (AvgIpc) is 3.13. The highest BCUT2D eigenvalue weighted by atomic mass is 19.1. The van der Waals surface area contributed by atoms with Crippen molar-refractivity contribution in [2.24, 2.45) is 0 Å². The lowest BCUT2D eigenvalue weighted by Gasteiger charge is -2.16. The van der Waals surface area contributed by atoms with E-state index >= 15 is 0 Å². The molecule has 3 aromatic heterocycles. The summed E-state index contributed by atoms with van der Waals surface area (Å²) in [5.41, 5.74) is 8.26. The van der Waals surface area contributed by atoms with Crippen molar-refractivity contribution in [1.82, 2.24) is 24.1 Å². The summed E-state index contributed by atoms with van der Waals surface area (Å²) in [7, 11) is 0. The van der Waals surface area contributed by atoms with Gasteiger partial charge in [-0.05, 0) is 36.1 Å². The van der Waals surface area contributed by atoms with E-state index in [-0.39, 0.29) is 23.6 Å². The summed E-state index contributed by atoms with van der Waals surface area (Å²) < 4.78 is 17.9. The summed E-state index contributed by atoms with van der Waals surface area (Å²) in [6.45, 7) is 2.12. The molecule has 0 aliphatic rings. The maximum atomic E-state index is 14.7. The Morgan fingerprint density at radius 3 is 2.73 bits per heavy atom. The van der Waals surface area contributed by atoms with E-state index < -0.39 is 5.82 Å². The first-order chi connectivity index (χ1) is 14.5. The molecule has 3 heterocycles. The maximum absolute atomic E-state index is 14.7. The van der Waals surface area contributed by atoms with E-state index in [9.17, 15) is 9.18 Å². The summed E-state index contributed by atoms with van der Waals surface area (Å²) in [5, 5.41) is 1.35. The number of pyridine rings is 1. The van der Waals surface area contributed by atoms with Crippen molar-refractivity contribution in [3.05, 3.63) is 88.6 Å². The SMILES string of the molecule is Cc1cccc2cc(Cn3cnc4c(N)ncnc43)n(-c3ccccc3F)c(=O)c12. The number of para-hydroxylation sites is 1. The normalized spacial score (nSPS) is 11.4. The number of imidazole rings is 1. The highest BCUT2D eigenvalue weighted by Gasteiger charge is 2.17. The summed E-state index contributed by atoms with van der Waals surface area (Å²) in [5.74, 6) is -0.199. The van der Waals surface area contributed by atoms with Gasteiger partial charge in [-0.2, -0.15) is 0 Å². The van der Waals surface area contributed by atoms with Gasteiger partial charge in [-0.1, -0.05) is 30.3 Å². The average molecular weight is 400 g/mol. The molecular weight excluding hydrogens is 383 g/mol. The van der Waals surface area contributed by atoms with Gasteiger partial charge in [-0.15, -0.1) is 0 Å². The first-order valence-corrected chi connectivity index (χ1v) is 9.35. The first-order valence-electron chi connectivity index (χ1n) is 9.35. The molecule has 30 heavy (non-hydrogen) atoms. The third-order valence-corrected chi connectivity index (χ3v) is 5.19. The van der Waals surface area contributed by atoms with Gasteiger partial charge in [-0.25, -0.2) is 19.3 Å². The van der Waals surface area contributed by atoms with E-state index in [0.29, 0.717) is 22.2 Å². The Hall–Kier alpha value is -4.07. The number of rotatable bonds is 3. The van der Waals surface area contributed by atoms with Crippen LogP contribution in [0.2, 0.25) is 0 Å². The van der Waals surface area contributed by atoms with Crippen LogP contribution in [0.15, 0.2) is 66.0 Å². The number of hydrogen-bond donors (Lipinski definition) is 1. The van der Waals surface area contributed by atoms with Gasteiger partial charge in [0.2, 0.25) is 0 Å². The second-order valence-electron chi connectivity index (χ2n) is 7.07. The minimum Gasteiger partial charge on any atom is -0.382 e. The topological polar surface area (TPSA) is 91.6 Å². The molecule has 0 atom stereocenters. The molecule has 0 bridgehead atoms. The van der Waals surface area contributed by atoms with Gasteiger partial charge in [0, 0.05) is 5.69 Å². The molecule has 2 aromatic carbocycles. The molecule has 5 aromatic rings. The van der Waals surface area contributed by atoms with Gasteiger partial charge in [-0.3, -0.25) is 9.36 Å². The van der Waals surface area contributed by atoms with Gasteiger partial charge >= 0.3 is 0 Å². The third-order valence-electron chi connectivity index (χ3n) is 5.19. The Kier molecular flexibility index (Phi) is 4.06. The fourth-order valence-electron chi connectivity index (χ4n) is 3.79. The number of aryl methyl sites for hydroxylation is 1. The third kappa shape index (κ3) is 2.73. The van der Waals surface area contributed by atoms with Crippen molar-refractivity contribution in [2.45, 2.75) is 13.5 Å². The molecule has 5 rings (SSSR count). The fourth-order valence-corrected chi connectivity index (χ4v) is 3.79. The monoisotopic (exact) mass is 400 g/mol. The summed E-state index contributed by atoms with van der Waals surface area (Å²) in [6.07, 6.45) is 2.95. The van der Waals surface area contributed by atoms with E-state index in [4.69, 9.17) is 5.73 Å². The highest BCUT2D eigenvalue weighted by Crippen LogP contribution is 2.22. The molecule has 0 aliphatic heterocycles. The molecule has 7 nitrogen and oxygen atoms in total.